The minimum Gasteiger partial charge on any atom is -0.395 e. The maximum atomic E-state index is 11.4. The molecule has 13 nitrogen and oxygen atoms in total. The first-order chi connectivity index (χ1) is 15.4. The molecule has 0 spiro atoms. The van der Waals surface area contributed by atoms with Crippen LogP contribution in [0.4, 0.5) is 11.4 Å². The lowest BCUT2D eigenvalue weighted by atomic mass is 9.94. The summed E-state index contributed by atoms with van der Waals surface area (Å²) in [6, 6.07) is 4.09. The van der Waals surface area contributed by atoms with Gasteiger partial charge in [-0.25, -0.2) is 0 Å². The average molecular weight is 451 g/mol. The fourth-order valence-corrected chi connectivity index (χ4v) is 3.88. The second-order valence-corrected chi connectivity index (χ2v) is 7.82. The van der Waals surface area contributed by atoms with E-state index < -0.39 is 29.3 Å². The Morgan fingerprint density at radius 1 is 1.16 bits per heavy atom. The number of rotatable bonds is 11. The molecule has 1 saturated heterocycles. The second kappa shape index (κ2) is 11.2. The molecule has 3 rings (SSSR count). The van der Waals surface area contributed by atoms with E-state index in [0.29, 0.717) is 24.5 Å². The quantitative estimate of drug-likeness (QED) is 0.165. The van der Waals surface area contributed by atoms with E-state index in [-0.39, 0.29) is 18.8 Å². The van der Waals surface area contributed by atoms with Crippen molar-refractivity contribution in [1.82, 2.24) is 25.1 Å². The zero-order valence-corrected chi connectivity index (χ0v) is 17.6. The summed E-state index contributed by atoms with van der Waals surface area (Å²) in [5.74, 6) is 0. The lowest BCUT2D eigenvalue weighted by Gasteiger charge is -2.43. The third kappa shape index (κ3) is 5.75. The average Bonchev–Trinajstić information content (AvgIpc) is 3.32. The number of likely N-dealkylation sites (tertiary alicyclic amines) is 1. The van der Waals surface area contributed by atoms with Crippen molar-refractivity contribution < 1.29 is 25.3 Å². The third-order valence-electron chi connectivity index (χ3n) is 5.66. The topological polar surface area (TPSA) is 183 Å². The van der Waals surface area contributed by atoms with E-state index >= 15 is 0 Å². The maximum Gasteiger partial charge on any atom is 0.294 e. The maximum absolute atomic E-state index is 11.4. The largest absolute Gasteiger partial charge is 0.395 e. The molecule has 0 radical (unpaired) electrons. The van der Waals surface area contributed by atoms with Gasteiger partial charge < -0.3 is 25.7 Å². The van der Waals surface area contributed by atoms with Crippen molar-refractivity contribution in [2.75, 3.05) is 31.6 Å². The van der Waals surface area contributed by atoms with Crippen LogP contribution in [0.1, 0.15) is 25.7 Å². The highest BCUT2D eigenvalue weighted by molar-refractivity contribution is 5.64. The van der Waals surface area contributed by atoms with Crippen molar-refractivity contribution in [2.45, 2.75) is 50.0 Å². The van der Waals surface area contributed by atoms with Crippen molar-refractivity contribution >= 4 is 11.4 Å². The number of benzene rings is 1. The molecule has 1 aromatic carbocycles. The monoisotopic (exact) mass is 451 g/mol. The molecule has 1 aromatic heterocycles. The number of nitro groups is 1. The Labute approximate surface area is 184 Å². The standard InChI is InChI=1S/C19H29N7O6/c27-11-16-18(29)19(30)17(28)10-24(16)8-4-2-1-3-7-20-14-6-5-13(9-15(14)26(31)32)25-22-12-21-23-25/h5-6,9,12,16-20,27-30H,1-4,7-8,10-11H2/t16-,17+,18-,19-/m1/s1. The Hall–Kier alpha value is -2.71. The van der Waals surface area contributed by atoms with Crippen LogP contribution >= 0.6 is 0 Å². The molecule has 4 atom stereocenters. The predicted molar refractivity (Wildman–Crippen MR) is 113 cm³/mol. The third-order valence-corrected chi connectivity index (χ3v) is 5.66. The van der Waals surface area contributed by atoms with Gasteiger partial charge in [0.25, 0.3) is 5.69 Å². The molecular weight excluding hydrogens is 422 g/mol. The number of tetrazole rings is 1. The predicted octanol–water partition coefficient (Wildman–Crippen LogP) is -0.698. The van der Waals surface area contributed by atoms with Gasteiger partial charge in [-0.15, -0.1) is 15.0 Å². The molecule has 0 saturated carbocycles. The fourth-order valence-electron chi connectivity index (χ4n) is 3.88. The molecule has 0 bridgehead atoms. The van der Waals surface area contributed by atoms with Crippen LogP contribution in [-0.2, 0) is 0 Å². The van der Waals surface area contributed by atoms with E-state index in [2.05, 4.69) is 20.7 Å². The van der Waals surface area contributed by atoms with Gasteiger partial charge in [0, 0.05) is 19.2 Å². The molecule has 32 heavy (non-hydrogen) atoms. The van der Waals surface area contributed by atoms with E-state index in [1.807, 2.05) is 0 Å². The van der Waals surface area contributed by atoms with E-state index in [0.717, 1.165) is 25.7 Å². The van der Waals surface area contributed by atoms with Gasteiger partial charge in [0.15, 0.2) is 6.33 Å². The molecule has 2 heterocycles. The smallest absolute Gasteiger partial charge is 0.294 e. The summed E-state index contributed by atoms with van der Waals surface area (Å²) in [4.78, 5) is 14.0. The summed E-state index contributed by atoms with van der Waals surface area (Å²) < 4.78 is 0. The van der Waals surface area contributed by atoms with Crippen LogP contribution in [0.25, 0.3) is 5.69 Å². The Morgan fingerprint density at radius 2 is 1.94 bits per heavy atom. The van der Waals surface area contributed by atoms with Crippen molar-refractivity contribution in [3.8, 4) is 5.69 Å². The van der Waals surface area contributed by atoms with Crippen LogP contribution in [0.5, 0.6) is 0 Å². The van der Waals surface area contributed by atoms with Gasteiger partial charge in [-0.3, -0.25) is 15.0 Å². The lowest BCUT2D eigenvalue weighted by molar-refractivity contribution is -0.383. The van der Waals surface area contributed by atoms with Crippen LogP contribution in [0.2, 0.25) is 0 Å². The van der Waals surface area contributed by atoms with E-state index in [4.69, 9.17) is 0 Å². The van der Waals surface area contributed by atoms with Crippen molar-refractivity contribution in [1.29, 1.82) is 0 Å². The van der Waals surface area contributed by atoms with Gasteiger partial charge in [-0.05, 0) is 36.7 Å². The zero-order chi connectivity index (χ0) is 23.1. The number of hydrogen-bond donors (Lipinski definition) is 5. The molecule has 0 unspecified atom stereocenters. The number of β-amino-alcohol motifs (C(OH)–C–C–N with tert-alkyl or cyclic N) is 1. The molecular formula is C19H29N7O6. The highest BCUT2D eigenvalue weighted by atomic mass is 16.6. The molecule has 1 fully saturated rings. The normalized spacial score (nSPS) is 23.9. The number of nitrogens with zero attached hydrogens (tertiary/aromatic N) is 6. The molecule has 0 amide bonds. The SMILES string of the molecule is O=[N+]([O-])c1cc(-n2ncnn2)ccc1NCCCCCCN1C[C@H](O)[C@@H](O)[C@H](O)[C@H]1CO. The van der Waals surface area contributed by atoms with Crippen LogP contribution in [-0.4, -0.2) is 101 Å². The molecule has 0 aliphatic carbocycles. The van der Waals surface area contributed by atoms with Crippen molar-refractivity contribution in [2.24, 2.45) is 0 Å². The number of aliphatic hydroxyl groups excluding tert-OH is 4. The number of nitro benzene ring substituents is 1. The number of aliphatic hydroxyl groups is 4. The van der Waals surface area contributed by atoms with Gasteiger partial charge in [0.05, 0.1) is 29.4 Å². The first-order valence-corrected chi connectivity index (χ1v) is 10.6. The Morgan fingerprint density at radius 3 is 2.62 bits per heavy atom. The summed E-state index contributed by atoms with van der Waals surface area (Å²) in [5.41, 5.74) is 0.792. The number of aromatic nitrogens is 4. The molecule has 1 aliphatic heterocycles. The van der Waals surface area contributed by atoms with E-state index in [1.165, 1.54) is 17.2 Å². The van der Waals surface area contributed by atoms with Crippen LogP contribution in [0, 0.1) is 10.1 Å². The second-order valence-electron chi connectivity index (χ2n) is 7.82. The van der Waals surface area contributed by atoms with Crippen LogP contribution in [0.15, 0.2) is 24.5 Å². The zero-order valence-electron chi connectivity index (χ0n) is 17.6. The molecule has 13 heteroatoms. The molecule has 1 aliphatic rings. The first kappa shape index (κ1) is 23.9. The highest BCUT2D eigenvalue weighted by Crippen LogP contribution is 2.27. The Kier molecular flexibility index (Phi) is 8.41. The summed E-state index contributed by atoms with van der Waals surface area (Å²) in [5, 5.41) is 64.8. The molecule has 5 N–H and O–H groups in total. The highest BCUT2D eigenvalue weighted by Gasteiger charge is 2.40. The Balaban J connectivity index is 1.41. The van der Waals surface area contributed by atoms with Gasteiger partial charge >= 0.3 is 0 Å². The number of piperidine rings is 1. The van der Waals surface area contributed by atoms with Gasteiger partial charge in [0.2, 0.25) is 0 Å². The van der Waals surface area contributed by atoms with Gasteiger partial charge in [-0.2, -0.15) is 0 Å². The number of nitrogens with one attached hydrogen (secondary N) is 1. The van der Waals surface area contributed by atoms with Gasteiger partial charge in [0.1, 0.15) is 17.9 Å². The summed E-state index contributed by atoms with van der Waals surface area (Å²) in [7, 11) is 0. The van der Waals surface area contributed by atoms with Crippen LogP contribution in [0.3, 0.4) is 0 Å². The number of anilines is 1. The minimum absolute atomic E-state index is 0.0701. The summed E-state index contributed by atoms with van der Waals surface area (Å²) in [6.45, 7) is 1.06. The molecule has 176 valence electrons. The first-order valence-electron chi connectivity index (χ1n) is 10.6. The Bertz CT molecular complexity index is 868. The molecule has 2 aromatic rings. The van der Waals surface area contributed by atoms with Crippen molar-refractivity contribution in [3.63, 3.8) is 0 Å². The number of unbranched alkanes of at least 4 members (excludes halogenated alkanes) is 3. The van der Waals surface area contributed by atoms with Gasteiger partial charge in [-0.1, -0.05) is 12.8 Å². The van der Waals surface area contributed by atoms with E-state index in [9.17, 15) is 30.5 Å². The minimum atomic E-state index is -1.25. The summed E-state index contributed by atoms with van der Waals surface area (Å²) in [6.07, 6.45) is 1.14. The number of hydrogen-bond acceptors (Lipinski definition) is 11. The summed E-state index contributed by atoms with van der Waals surface area (Å²) >= 11 is 0. The van der Waals surface area contributed by atoms with Crippen LogP contribution < -0.4 is 5.32 Å². The lowest BCUT2D eigenvalue weighted by Crippen LogP contribution is -2.62. The van der Waals surface area contributed by atoms with Crippen molar-refractivity contribution in [3.05, 3.63) is 34.6 Å². The fraction of sp³-hybridized carbons (Fsp3) is 0.632. The van der Waals surface area contributed by atoms with E-state index in [1.54, 1.807) is 17.0 Å².